The van der Waals surface area contributed by atoms with Crippen LogP contribution in [-0.2, 0) is 0 Å². The molecule has 4 N–H and O–H groups in total. The molecule has 0 amide bonds. The zero-order valence-corrected chi connectivity index (χ0v) is 7.51. The highest BCUT2D eigenvalue weighted by Crippen LogP contribution is 1.97. The van der Waals surface area contributed by atoms with Gasteiger partial charge in [-0.25, -0.2) is 4.98 Å². The second-order valence-corrected chi connectivity index (χ2v) is 2.88. The standard InChI is InChI=1S/C8H14N4O/c1-6(13)7(9)4-12-8-5-10-2-3-11-8/h2-3,5-7,13H,4,9H2,1H3,(H,11,12). The Kier molecular flexibility index (Phi) is 3.60. The molecule has 0 bridgehead atoms. The van der Waals surface area contributed by atoms with Crippen molar-refractivity contribution in [3.63, 3.8) is 0 Å². The van der Waals surface area contributed by atoms with Gasteiger partial charge >= 0.3 is 0 Å². The van der Waals surface area contributed by atoms with Crippen LogP contribution in [0.15, 0.2) is 18.6 Å². The van der Waals surface area contributed by atoms with Crippen LogP contribution in [0.2, 0.25) is 0 Å². The largest absolute Gasteiger partial charge is 0.392 e. The Bertz CT molecular complexity index is 239. The summed E-state index contributed by atoms with van der Waals surface area (Å²) in [4.78, 5) is 7.88. The summed E-state index contributed by atoms with van der Waals surface area (Å²) in [5.41, 5.74) is 5.60. The van der Waals surface area contributed by atoms with Crippen LogP contribution in [0.4, 0.5) is 5.82 Å². The van der Waals surface area contributed by atoms with Gasteiger partial charge in [-0.1, -0.05) is 0 Å². The van der Waals surface area contributed by atoms with Crippen molar-refractivity contribution in [2.24, 2.45) is 5.73 Å². The number of aliphatic hydroxyl groups excluding tert-OH is 1. The van der Waals surface area contributed by atoms with Crippen molar-refractivity contribution in [1.82, 2.24) is 9.97 Å². The number of nitrogens with two attached hydrogens (primary N) is 1. The molecule has 0 fully saturated rings. The van der Waals surface area contributed by atoms with Gasteiger partial charge in [0.15, 0.2) is 0 Å². The molecule has 1 aromatic rings. The van der Waals surface area contributed by atoms with Crippen molar-refractivity contribution < 1.29 is 5.11 Å². The van der Waals surface area contributed by atoms with E-state index in [9.17, 15) is 0 Å². The van der Waals surface area contributed by atoms with Crippen molar-refractivity contribution in [3.05, 3.63) is 18.6 Å². The lowest BCUT2D eigenvalue weighted by atomic mass is 10.2. The zero-order chi connectivity index (χ0) is 9.68. The Labute approximate surface area is 77.0 Å². The molecule has 0 spiro atoms. The maximum atomic E-state index is 9.10. The molecule has 5 heteroatoms. The Morgan fingerprint density at radius 3 is 2.92 bits per heavy atom. The summed E-state index contributed by atoms with van der Waals surface area (Å²) in [5, 5.41) is 12.1. The van der Waals surface area contributed by atoms with E-state index in [2.05, 4.69) is 15.3 Å². The van der Waals surface area contributed by atoms with E-state index in [1.807, 2.05) is 0 Å². The van der Waals surface area contributed by atoms with Crippen LogP contribution in [0, 0.1) is 0 Å². The topological polar surface area (TPSA) is 84.1 Å². The predicted molar refractivity (Wildman–Crippen MR) is 50.2 cm³/mol. The summed E-state index contributed by atoms with van der Waals surface area (Å²) in [7, 11) is 0. The lowest BCUT2D eigenvalue weighted by Crippen LogP contribution is -2.38. The van der Waals surface area contributed by atoms with E-state index in [4.69, 9.17) is 10.8 Å². The maximum absolute atomic E-state index is 9.10. The number of anilines is 1. The monoisotopic (exact) mass is 182 g/mol. The number of aromatic nitrogens is 2. The number of rotatable bonds is 4. The van der Waals surface area contributed by atoms with Crippen LogP contribution in [-0.4, -0.2) is 33.8 Å². The highest BCUT2D eigenvalue weighted by atomic mass is 16.3. The van der Waals surface area contributed by atoms with Gasteiger partial charge in [-0.05, 0) is 6.92 Å². The molecule has 0 saturated heterocycles. The van der Waals surface area contributed by atoms with Gasteiger partial charge in [-0.2, -0.15) is 0 Å². The van der Waals surface area contributed by atoms with Crippen LogP contribution in [0.5, 0.6) is 0 Å². The Morgan fingerprint density at radius 2 is 2.38 bits per heavy atom. The molecule has 1 rings (SSSR count). The maximum Gasteiger partial charge on any atom is 0.144 e. The van der Waals surface area contributed by atoms with Crippen LogP contribution in [0.25, 0.3) is 0 Å². The molecule has 13 heavy (non-hydrogen) atoms. The second-order valence-electron chi connectivity index (χ2n) is 2.88. The van der Waals surface area contributed by atoms with E-state index in [1.54, 1.807) is 25.5 Å². The molecular weight excluding hydrogens is 168 g/mol. The third-order valence-electron chi connectivity index (χ3n) is 1.70. The summed E-state index contributed by atoms with van der Waals surface area (Å²) in [6.07, 6.45) is 4.27. The van der Waals surface area contributed by atoms with Crippen molar-refractivity contribution in [3.8, 4) is 0 Å². The number of nitrogens with one attached hydrogen (secondary N) is 1. The number of aliphatic hydroxyl groups is 1. The molecule has 0 aliphatic rings. The fraction of sp³-hybridized carbons (Fsp3) is 0.500. The van der Waals surface area contributed by atoms with E-state index in [0.29, 0.717) is 12.4 Å². The van der Waals surface area contributed by atoms with Crippen LogP contribution >= 0.6 is 0 Å². The summed E-state index contributed by atoms with van der Waals surface area (Å²) in [5.74, 6) is 0.665. The first-order valence-corrected chi connectivity index (χ1v) is 4.13. The number of hydrogen-bond donors (Lipinski definition) is 3. The highest BCUT2D eigenvalue weighted by molar-refractivity contribution is 5.29. The van der Waals surface area contributed by atoms with Crippen LogP contribution < -0.4 is 11.1 Å². The SMILES string of the molecule is CC(O)C(N)CNc1cnccn1. The first-order chi connectivity index (χ1) is 6.20. The fourth-order valence-corrected chi connectivity index (χ4v) is 0.783. The minimum atomic E-state index is -0.524. The molecular formula is C8H14N4O. The summed E-state index contributed by atoms with van der Waals surface area (Å²) >= 11 is 0. The summed E-state index contributed by atoms with van der Waals surface area (Å²) in [6, 6.07) is -0.290. The van der Waals surface area contributed by atoms with Gasteiger partial charge in [0.1, 0.15) is 5.82 Å². The van der Waals surface area contributed by atoms with Gasteiger partial charge in [0.25, 0.3) is 0 Å². The van der Waals surface area contributed by atoms with E-state index in [-0.39, 0.29) is 6.04 Å². The molecule has 2 unspecified atom stereocenters. The molecule has 2 atom stereocenters. The Balaban J connectivity index is 2.35. The van der Waals surface area contributed by atoms with Crippen molar-refractivity contribution in [2.75, 3.05) is 11.9 Å². The number of nitrogens with zero attached hydrogens (tertiary/aromatic N) is 2. The van der Waals surface area contributed by atoms with Gasteiger partial charge in [-0.15, -0.1) is 0 Å². The van der Waals surface area contributed by atoms with Gasteiger partial charge in [0.2, 0.25) is 0 Å². The van der Waals surface area contributed by atoms with Crippen LogP contribution in [0.3, 0.4) is 0 Å². The second kappa shape index (κ2) is 4.74. The van der Waals surface area contributed by atoms with E-state index in [0.717, 1.165) is 0 Å². The molecule has 0 saturated carbocycles. The minimum absolute atomic E-state index is 0.290. The van der Waals surface area contributed by atoms with Crippen LogP contribution in [0.1, 0.15) is 6.92 Å². The summed E-state index contributed by atoms with van der Waals surface area (Å²) in [6.45, 7) is 2.14. The average molecular weight is 182 g/mol. The Morgan fingerprint density at radius 1 is 1.62 bits per heavy atom. The molecule has 1 heterocycles. The molecule has 0 aliphatic heterocycles. The quantitative estimate of drug-likeness (QED) is 0.590. The molecule has 0 aromatic carbocycles. The fourth-order valence-electron chi connectivity index (χ4n) is 0.783. The molecule has 0 radical (unpaired) electrons. The smallest absolute Gasteiger partial charge is 0.144 e. The first kappa shape index (κ1) is 9.88. The van der Waals surface area contributed by atoms with E-state index in [1.165, 1.54) is 0 Å². The van der Waals surface area contributed by atoms with Crippen molar-refractivity contribution in [1.29, 1.82) is 0 Å². The third kappa shape index (κ3) is 3.35. The first-order valence-electron chi connectivity index (χ1n) is 4.13. The third-order valence-corrected chi connectivity index (χ3v) is 1.70. The van der Waals surface area contributed by atoms with E-state index < -0.39 is 6.10 Å². The highest BCUT2D eigenvalue weighted by Gasteiger charge is 2.08. The van der Waals surface area contributed by atoms with Gasteiger partial charge in [0.05, 0.1) is 12.3 Å². The lowest BCUT2D eigenvalue weighted by molar-refractivity contribution is 0.168. The van der Waals surface area contributed by atoms with E-state index >= 15 is 0 Å². The summed E-state index contributed by atoms with van der Waals surface area (Å²) < 4.78 is 0. The Hall–Kier alpha value is -1.20. The minimum Gasteiger partial charge on any atom is -0.392 e. The average Bonchev–Trinajstić information content (AvgIpc) is 2.15. The normalized spacial score (nSPS) is 15.0. The number of hydrogen-bond acceptors (Lipinski definition) is 5. The molecule has 72 valence electrons. The van der Waals surface area contributed by atoms with Crippen molar-refractivity contribution >= 4 is 5.82 Å². The molecule has 1 aromatic heterocycles. The molecule has 5 nitrogen and oxygen atoms in total. The zero-order valence-electron chi connectivity index (χ0n) is 7.51. The van der Waals surface area contributed by atoms with Crippen molar-refractivity contribution in [2.45, 2.75) is 19.1 Å². The molecule has 0 aliphatic carbocycles. The predicted octanol–water partition coefficient (Wildman–Crippen LogP) is -0.403. The lowest BCUT2D eigenvalue weighted by Gasteiger charge is -2.15. The van der Waals surface area contributed by atoms with Gasteiger partial charge < -0.3 is 16.2 Å². The van der Waals surface area contributed by atoms with Gasteiger partial charge in [-0.3, -0.25) is 4.98 Å². The van der Waals surface area contributed by atoms with Gasteiger partial charge in [0, 0.05) is 25.0 Å².